The quantitative estimate of drug-likeness (QED) is 0.517. The van der Waals surface area contributed by atoms with E-state index in [1.165, 1.54) is 18.4 Å². The molecule has 0 aromatic heterocycles. The Bertz CT molecular complexity index is 613. The van der Waals surface area contributed by atoms with Crippen LogP contribution in [0.15, 0.2) is 29.3 Å². The first kappa shape index (κ1) is 20.9. The zero-order valence-corrected chi connectivity index (χ0v) is 17.3. The lowest BCUT2D eigenvalue weighted by Gasteiger charge is -2.30. The smallest absolute Gasteiger partial charge is 0.191 e. The average molecular weight is 390 g/mol. The number of nitrogens with one attached hydrogen (secondary N) is 2. The number of hydrogen-bond donors (Lipinski definition) is 2. The van der Waals surface area contributed by atoms with Gasteiger partial charge in [0.1, 0.15) is 5.75 Å². The van der Waals surface area contributed by atoms with Crippen LogP contribution in [0, 0.1) is 0 Å². The first-order valence-corrected chi connectivity index (χ1v) is 10.4. The van der Waals surface area contributed by atoms with E-state index >= 15 is 0 Å². The van der Waals surface area contributed by atoms with E-state index in [9.17, 15) is 0 Å². The first-order chi connectivity index (χ1) is 13.8. The number of rotatable bonds is 8. The minimum absolute atomic E-state index is 0.274. The van der Waals surface area contributed by atoms with Crippen LogP contribution in [-0.4, -0.2) is 88.9 Å². The molecule has 2 aliphatic heterocycles. The molecule has 0 saturated carbocycles. The monoisotopic (exact) mass is 389 g/mol. The van der Waals surface area contributed by atoms with E-state index in [0.29, 0.717) is 0 Å². The van der Waals surface area contributed by atoms with Gasteiger partial charge in [0.2, 0.25) is 0 Å². The Morgan fingerprint density at radius 2 is 1.89 bits per heavy atom. The molecular formula is C21H35N5O2. The number of nitrogens with zero attached hydrogens (tertiary/aromatic N) is 3. The number of guanidine groups is 1. The topological polar surface area (TPSA) is 61.4 Å². The number of morpholine rings is 1. The first-order valence-electron chi connectivity index (χ1n) is 10.4. The van der Waals surface area contributed by atoms with Crippen LogP contribution in [-0.2, 0) is 4.74 Å². The molecule has 1 aromatic rings. The summed E-state index contributed by atoms with van der Waals surface area (Å²) in [4.78, 5) is 9.38. The number of ether oxygens (including phenoxy) is 2. The number of para-hydroxylation sites is 1. The van der Waals surface area contributed by atoms with Crippen molar-refractivity contribution < 1.29 is 9.47 Å². The van der Waals surface area contributed by atoms with Gasteiger partial charge in [0.15, 0.2) is 5.96 Å². The van der Waals surface area contributed by atoms with E-state index in [1.54, 1.807) is 7.11 Å². The van der Waals surface area contributed by atoms with Crippen molar-refractivity contribution >= 4 is 5.96 Å². The summed E-state index contributed by atoms with van der Waals surface area (Å²) in [6.07, 6.45) is 2.52. The molecular weight excluding hydrogens is 354 g/mol. The van der Waals surface area contributed by atoms with Crippen LogP contribution in [0.1, 0.15) is 24.4 Å². The van der Waals surface area contributed by atoms with Gasteiger partial charge >= 0.3 is 0 Å². The standard InChI is InChI=1S/C21H35N5O2/c1-22-21(23-9-12-25-13-15-28-16-14-25)24-17-19(26-10-5-6-11-26)18-7-3-4-8-20(18)27-2/h3-4,7-8,19H,5-6,9-17H2,1-2H3,(H2,22,23,24). The molecule has 1 unspecified atom stereocenters. The second-order valence-electron chi connectivity index (χ2n) is 7.33. The molecule has 1 atom stereocenters. The van der Waals surface area contributed by atoms with Crippen molar-refractivity contribution in [1.82, 2.24) is 20.4 Å². The highest BCUT2D eigenvalue weighted by molar-refractivity contribution is 5.79. The number of methoxy groups -OCH3 is 1. The van der Waals surface area contributed by atoms with Crippen molar-refractivity contribution in [1.29, 1.82) is 0 Å². The molecule has 7 heteroatoms. The molecule has 2 aliphatic rings. The minimum atomic E-state index is 0.274. The second-order valence-corrected chi connectivity index (χ2v) is 7.33. The van der Waals surface area contributed by atoms with E-state index in [0.717, 1.165) is 70.7 Å². The van der Waals surface area contributed by atoms with Crippen LogP contribution in [0.25, 0.3) is 0 Å². The normalized spacial score (nSPS) is 20.1. The third kappa shape index (κ3) is 5.83. The summed E-state index contributed by atoms with van der Waals surface area (Å²) in [6.45, 7) is 8.65. The number of likely N-dealkylation sites (tertiary alicyclic amines) is 1. The van der Waals surface area contributed by atoms with Gasteiger partial charge in [-0.2, -0.15) is 0 Å². The van der Waals surface area contributed by atoms with Gasteiger partial charge in [-0.25, -0.2) is 0 Å². The van der Waals surface area contributed by atoms with Gasteiger partial charge < -0.3 is 20.1 Å². The van der Waals surface area contributed by atoms with Crippen LogP contribution in [0.5, 0.6) is 5.75 Å². The maximum Gasteiger partial charge on any atom is 0.191 e. The predicted molar refractivity (Wildman–Crippen MR) is 113 cm³/mol. The highest BCUT2D eigenvalue weighted by Gasteiger charge is 2.26. The molecule has 2 heterocycles. The third-order valence-corrected chi connectivity index (χ3v) is 5.59. The van der Waals surface area contributed by atoms with E-state index in [-0.39, 0.29) is 6.04 Å². The second kappa shape index (κ2) is 11.2. The fraction of sp³-hybridized carbons (Fsp3) is 0.667. The molecule has 2 saturated heterocycles. The van der Waals surface area contributed by atoms with Gasteiger partial charge in [-0.15, -0.1) is 0 Å². The fourth-order valence-electron chi connectivity index (χ4n) is 4.00. The number of aliphatic imine (C=N–C) groups is 1. The van der Waals surface area contributed by atoms with E-state index in [1.807, 2.05) is 19.2 Å². The summed E-state index contributed by atoms with van der Waals surface area (Å²) >= 11 is 0. The maximum atomic E-state index is 5.64. The van der Waals surface area contributed by atoms with E-state index < -0.39 is 0 Å². The Balaban J connectivity index is 1.55. The van der Waals surface area contributed by atoms with E-state index in [4.69, 9.17) is 9.47 Å². The van der Waals surface area contributed by atoms with Gasteiger partial charge in [-0.1, -0.05) is 18.2 Å². The van der Waals surface area contributed by atoms with Crippen LogP contribution in [0.2, 0.25) is 0 Å². The van der Waals surface area contributed by atoms with Crippen molar-refractivity contribution in [2.45, 2.75) is 18.9 Å². The minimum Gasteiger partial charge on any atom is -0.496 e. The SMILES string of the molecule is CN=C(NCCN1CCOCC1)NCC(c1ccccc1OC)N1CCCC1. The van der Waals surface area contributed by atoms with Gasteiger partial charge in [0, 0.05) is 45.3 Å². The highest BCUT2D eigenvalue weighted by atomic mass is 16.5. The molecule has 0 bridgehead atoms. The largest absolute Gasteiger partial charge is 0.496 e. The lowest BCUT2D eigenvalue weighted by atomic mass is 10.0. The predicted octanol–water partition coefficient (Wildman–Crippen LogP) is 1.33. The molecule has 7 nitrogen and oxygen atoms in total. The Kier molecular flexibility index (Phi) is 8.39. The summed E-state index contributed by atoms with van der Waals surface area (Å²) in [5.74, 6) is 1.81. The molecule has 156 valence electrons. The van der Waals surface area contributed by atoms with Gasteiger partial charge in [-0.05, 0) is 32.0 Å². The Morgan fingerprint density at radius 3 is 2.61 bits per heavy atom. The molecule has 2 fully saturated rings. The molecule has 3 rings (SSSR count). The molecule has 1 aromatic carbocycles. The summed E-state index contributed by atoms with van der Waals surface area (Å²) in [6, 6.07) is 8.63. The zero-order valence-electron chi connectivity index (χ0n) is 17.3. The van der Waals surface area contributed by atoms with Gasteiger partial charge in [0.05, 0.1) is 26.4 Å². The third-order valence-electron chi connectivity index (χ3n) is 5.59. The molecule has 2 N–H and O–H groups in total. The number of hydrogen-bond acceptors (Lipinski definition) is 5. The van der Waals surface area contributed by atoms with Crippen LogP contribution in [0.4, 0.5) is 0 Å². The van der Waals surface area contributed by atoms with Crippen molar-refractivity contribution in [2.75, 3.05) is 73.2 Å². The average Bonchev–Trinajstić information content (AvgIpc) is 3.28. The van der Waals surface area contributed by atoms with Crippen LogP contribution in [0.3, 0.4) is 0 Å². The van der Waals surface area contributed by atoms with Crippen LogP contribution >= 0.6 is 0 Å². The van der Waals surface area contributed by atoms with E-state index in [2.05, 4.69) is 37.6 Å². The van der Waals surface area contributed by atoms with Crippen molar-refractivity contribution in [3.63, 3.8) is 0 Å². The maximum absolute atomic E-state index is 5.64. The zero-order chi connectivity index (χ0) is 19.6. The molecule has 0 aliphatic carbocycles. The summed E-state index contributed by atoms with van der Waals surface area (Å²) in [5.41, 5.74) is 1.24. The summed E-state index contributed by atoms with van der Waals surface area (Å²) < 4.78 is 11.0. The molecule has 28 heavy (non-hydrogen) atoms. The lowest BCUT2D eigenvalue weighted by Crippen LogP contribution is -2.46. The van der Waals surface area contributed by atoms with Crippen molar-refractivity contribution in [2.24, 2.45) is 4.99 Å². The van der Waals surface area contributed by atoms with Gasteiger partial charge in [0.25, 0.3) is 0 Å². The number of benzene rings is 1. The molecule has 0 radical (unpaired) electrons. The highest BCUT2D eigenvalue weighted by Crippen LogP contribution is 2.31. The van der Waals surface area contributed by atoms with Gasteiger partial charge in [-0.3, -0.25) is 14.8 Å². The summed E-state index contributed by atoms with van der Waals surface area (Å²) in [7, 11) is 3.58. The van der Waals surface area contributed by atoms with Crippen molar-refractivity contribution in [3.8, 4) is 5.75 Å². The fourth-order valence-corrected chi connectivity index (χ4v) is 4.00. The molecule has 0 amide bonds. The Hall–Kier alpha value is -1.83. The van der Waals surface area contributed by atoms with Crippen molar-refractivity contribution in [3.05, 3.63) is 29.8 Å². The molecule has 0 spiro atoms. The van der Waals surface area contributed by atoms with Crippen LogP contribution < -0.4 is 15.4 Å². The summed E-state index contributed by atoms with van der Waals surface area (Å²) in [5, 5.41) is 6.98. The lowest BCUT2D eigenvalue weighted by molar-refractivity contribution is 0.0389. The Labute approximate surface area is 169 Å². The Morgan fingerprint density at radius 1 is 1.14 bits per heavy atom.